The maximum atomic E-state index is 11.4. The minimum Gasteiger partial charge on any atom is -0.364 e. The lowest BCUT2D eigenvalue weighted by molar-refractivity contribution is 0.0994. The van der Waals surface area contributed by atoms with Crippen LogP contribution < -0.4 is 11.5 Å². The average Bonchev–Trinajstić information content (AvgIpc) is 3.05. The summed E-state index contributed by atoms with van der Waals surface area (Å²) in [4.78, 5) is 23.8. The number of aromatic nitrogens is 4. The lowest BCUT2D eigenvalue weighted by atomic mass is 10.2. The quantitative estimate of drug-likeness (QED) is 0.725. The topological polar surface area (TPSA) is 134 Å². The van der Waals surface area contributed by atoms with E-state index in [-0.39, 0.29) is 23.8 Å². The number of amides is 1. The minimum atomic E-state index is -0.707. The molecular weight excluding hydrogens is 284 g/mol. The molecule has 0 fully saturated rings. The highest BCUT2D eigenvalue weighted by atomic mass is 16.5. The summed E-state index contributed by atoms with van der Waals surface area (Å²) in [5.74, 6) is -0.139. The van der Waals surface area contributed by atoms with Crippen molar-refractivity contribution in [3.05, 3.63) is 47.9 Å². The van der Waals surface area contributed by atoms with E-state index in [1.807, 2.05) is 30.3 Å². The van der Waals surface area contributed by atoms with Crippen LogP contribution in [0.25, 0.3) is 23.0 Å². The van der Waals surface area contributed by atoms with Crippen molar-refractivity contribution < 1.29 is 9.32 Å². The van der Waals surface area contributed by atoms with E-state index in [0.717, 1.165) is 5.56 Å². The van der Waals surface area contributed by atoms with E-state index in [9.17, 15) is 4.79 Å². The van der Waals surface area contributed by atoms with Crippen LogP contribution >= 0.6 is 0 Å². The van der Waals surface area contributed by atoms with Crippen LogP contribution in [0.5, 0.6) is 0 Å². The number of nitrogens with zero attached hydrogens (tertiary/aromatic N) is 4. The second-order valence-corrected chi connectivity index (χ2v) is 4.41. The summed E-state index contributed by atoms with van der Waals surface area (Å²) in [7, 11) is 0. The Morgan fingerprint density at radius 3 is 2.64 bits per heavy atom. The SMILES string of the molecule is NCc1ncc(-c2noc(-c3ccccc3)n2)nc1C(N)=O. The molecule has 8 nitrogen and oxygen atoms in total. The molecule has 8 heteroatoms. The number of carbonyl (C=O) groups excluding carboxylic acids is 1. The van der Waals surface area contributed by atoms with Crippen molar-refractivity contribution in [1.29, 1.82) is 0 Å². The fourth-order valence-corrected chi connectivity index (χ4v) is 1.89. The van der Waals surface area contributed by atoms with Gasteiger partial charge in [0.1, 0.15) is 5.69 Å². The molecule has 0 aliphatic heterocycles. The van der Waals surface area contributed by atoms with Gasteiger partial charge in [0.05, 0.1) is 11.9 Å². The third kappa shape index (κ3) is 2.54. The van der Waals surface area contributed by atoms with E-state index in [1.165, 1.54) is 6.20 Å². The van der Waals surface area contributed by atoms with Crippen LogP contribution in [0.2, 0.25) is 0 Å². The summed E-state index contributed by atoms with van der Waals surface area (Å²) in [6.07, 6.45) is 1.42. The van der Waals surface area contributed by atoms with Gasteiger partial charge >= 0.3 is 0 Å². The number of primary amides is 1. The van der Waals surface area contributed by atoms with Gasteiger partial charge in [-0.15, -0.1) is 0 Å². The predicted molar refractivity (Wildman–Crippen MR) is 77.2 cm³/mol. The number of nitrogens with two attached hydrogens (primary N) is 2. The smallest absolute Gasteiger partial charge is 0.269 e. The van der Waals surface area contributed by atoms with Gasteiger partial charge in [-0.2, -0.15) is 4.98 Å². The third-order valence-corrected chi connectivity index (χ3v) is 2.95. The molecule has 0 aliphatic carbocycles. The highest BCUT2D eigenvalue weighted by molar-refractivity contribution is 5.92. The molecule has 22 heavy (non-hydrogen) atoms. The molecule has 2 heterocycles. The first-order valence-electron chi connectivity index (χ1n) is 6.44. The first kappa shape index (κ1) is 13.8. The largest absolute Gasteiger partial charge is 0.364 e. The van der Waals surface area contributed by atoms with Crippen molar-refractivity contribution in [3.63, 3.8) is 0 Å². The Balaban J connectivity index is 2.00. The zero-order chi connectivity index (χ0) is 15.5. The second-order valence-electron chi connectivity index (χ2n) is 4.41. The highest BCUT2D eigenvalue weighted by Crippen LogP contribution is 2.20. The van der Waals surface area contributed by atoms with Crippen molar-refractivity contribution in [2.24, 2.45) is 11.5 Å². The maximum Gasteiger partial charge on any atom is 0.269 e. The second kappa shape index (κ2) is 5.70. The van der Waals surface area contributed by atoms with E-state index in [4.69, 9.17) is 16.0 Å². The van der Waals surface area contributed by atoms with Gasteiger partial charge < -0.3 is 16.0 Å². The van der Waals surface area contributed by atoms with Crippen molar-refractivity contribution in [1.82, 2.24) is 20.1 Å². The van der Waals surface area contributed by atoms with E-state index in [1.54, 1.807) is 0 Å². The monoisotopic (exact) mass is 296 g/mol. The molecule has 0 saturated carbocycles. The summed E-state index contributed by atoms with van der Waals surface area (Å²) in [6, 6.07) is 9.29. The Kier molecular flexibility index (Phi) is 3.58. The third-order valence-electron chi connectivity index (χ3n) is 2.95. The highest BCUT2D eigenvalue weighted by Gasteiger charge is 2.16. The van der Waals surface area contributed by atoms with Crippen LogP contribution in [0.1, 0.15) is 16.2 Å². The fraction of sp³-hybridized carbons (Fsp3) is 0.0714. The molecule has 2 aromatic heterocycles. The van der Waals surface area contributed by atoms with Crippen molar-refractivity contribution >= 4 is 5.91 Å². The summed E-state index contributed by atoms with van der Waals surface area (Å²) in [5, 5.41) is 3.85. The van der Waals surface area contributed by atoms with Gasteiger partial charge in [-0.3, -0.25) is 9.78 Å². The molecule has 0 unspecified atom stereocenters. The molecule has 0 aliphatic rings. The Bertz CT molecular complexity index is 815. The molecule has 0 radical (unpaired) electrons. The van der Waals surface area contributed by atoms with Crippen molar-refractivity contribution in [3.8, 4) is 23.0 Å². The molecule has 0 bridgehead atoms. The van der Waals surface area contributed by atoms with E-state index >= 15 is 0 Å². The fourth-order valence-electron chi connectivity index (χ4n) is 1.89. The first-order valence-corrected chi connectivity index (χ1v) is 6.44. The van der Waals surface area contributed by atoms with Gasteiger partial charge in [0, 0.05) is 12.1 Å². The van der Waals surface area contributed by atoms with Gasteiger partial charge in [-0.1, -0.05) is 23.4 Å². The summed E-state index contributed by atoms with van der Waals surface area (Å²) in [5.41, 5.74) is 12.2. The molecule has 110 valence electrons. The lowest BCUT2D eigenvalue weighted by Gasteiger charge is -2.03. The summed E-state index contributed by atoms with van der Waals surface area (Å²) in [6.45, 7) is 0.0626. The normalized spacial score (nSPS) is 10.6. The lowest BCUT2D eigenvalue weighted by Crippen LogP contribution is -2.19. The zero-order valence-electron chi connectivity index (χ0n) is 11.4. The van der Waals surface area contributed by atoms with Crippen LogP contribution in [0.4, 0.5) is 0 Å². The van der Waals surface area contributed by atoms with Crippen LogP contribution in [-0.2, 0) is 6.54 Å². The van der Waals surface area contributed by atoms with Gasteiger partial charge in [-0.25, -0.2) is 4.98 Å². The molecule has 0 atom stereocenters. The number of hydrogen-bond acceptors (Lipinski definition) is 7. The average molecular weight is 296 g/mol. The van der Waals surface area contributed by atoms with E-state index < -0.39 is 5.91 Å². The molecule has 0 spiro atoms. The zero-order valence-corrected chi connectivity index (χ0v) is 11.4. The first-order chi connectivity index (χ1) is 10.7. The molecule has 1 amide bonds. The molecule has 0 saturated heterocycles. The van der Waals surface area contributed by atoms with Crippen LogP contribution in [0.3, 0.4) is 0 Å². The van der Waals surface area contributed by atoms with Gasteiger partial charge in [0.2, 0.25) is 5.82 Å². The molecule has 4 N–H and O–H groups in total. The number of hydrogen-bond donors (Lipinski definition) is 2. The molecular formula is C14H12N6O2. The van der Waals surface area contributed by atoms with Crippen molar-refractivity contribution in [2.75, 3.05) is 0 Å². The standard InChI is InChI=1S/C14H12N6O2/c15-6-9-11(12(16)21)18-10(7-17-9)13-19-14(22-20-13)8-4-2-1-3-5-8/h1-5,7H,6,15H2,(H2,16,21). The molecule has 3 aromatic rings. The van der Waals surface area contributed by atoms with E-state index in [0.29, 0.717) is 11.6 Å². The number of rotatable bonds is 4. The van der Waals surface area contributed by atoms with Crippen LogP contribution in [0.15, 0.2) is 41.1 Å². The Hall–Kier alpha value is -3.13. The molecule has 3 rings (SSSR count). The summed E-state index contributed by atoms with van der Waals surface area (Å²) < 4.78 is 5.19. The Labute approximate surface area is 125 Å². The minimum absolute atomic E-state index is 0.00561. The molecule has 1 aromatic carbocycles. The number of carbonyl (C=O) groups is 1. The Morgan fingerprint density at radius 1 is 1.18 bits per heavy atom. The van der Waals surface area contributed by atoms with E-state index in [2.05, 4.69) is 20.1 Å². The van der Waals surface area contributed by atoms with Gasteiger partial charge in [0.15, 0.2) is 5.69 Å². The Morgan fingerprint density at radius 2 is 1.95 bits per heavy atom. The van der Waals surface area contributed by atoms with Crippen molar-refractivity contribution in [2.45, 2.75) is 6.54 Å². The summed E-state index contributed by atoms with van der Waals surface area (Å²) >= 11 is 0. The van der Waals surface area contributed by atoms with Gasteiger partial charge in [-0.05, 0) is 12.1 Å². The van der Waals surface area contributed by atoms with Crippen LogP contribution in [0, 0.1) is 0 Å². The van der Waals surface area contributed by atoms with Crippen LogP contribution in [-0.4, -0.2) is 26.0 Å². The number of benzene rings is 1. The predicted octanol–water partition coefficient (Wildman–Crippen LogP) is 0.751. The van der Waals surface area contributed by atoms with Gasteiger partial charge in [0.25, 0.3) is 11.8 Å². The maximum absolute atomic E-state index is 11.4.